The zero-order valence-electron chi connectivity index (χ0n) is 22.3. The number of aryl methyl sites for hydroxylation is 1. The van der Waals surface area contributed by atoms with Crippen molar-refractivity contribution in [2.45, 2.75) is 97.2 Å². The monoisotopic (exact) mass is 528 g/mol. The summed E-state index contributed by atoms with van der Waals surface area (Å²) in [4.78, 5) is 21.2. The van der Waals surface area contributed by atoms with Crippen molar-refractivity contribution in [3.63, 3.8) is 0 Å². The number of halogens is 1. The summed E-state index contributed by atoms with van der Waals surface area (Å²) >= 11 is 6.15. The number of hydrogen-bond acceptors (Lipinski definition) is 6. The summed E-state index contributed by atoms with van der Waals surface area (Å²) in [7, 11) is 0. The third-order valence-corrected chi connectivity index (χ3v) is 12.1. The van der Waals surface area contributed by atoms with E-state index in [2.05, 4.69) is 30.7 Å². The minimum atomic E-state index is -0.467. The molecule has 4 aliphatic carbocycles. The van der Waals surface area contributed by atoms with Gasteiger partial charge in [-0.3, -0.25) is 0 Å². The number of fused-ring (bicyclic) bond motifs is 6. The van der Waals surface area contributed by atoms with Gasteiger partial charge in [0.2, 0.25) is 5.89 Å². The molecule has 202 valence electrons. The molecule has 2 heterocycles. The Labute approximate surface area is 224 Å². The summed E-state index contributed by atoms with van der Waals surface area (Å²) < 4.78 is 5.53. The molecular formula is C30H41ClN2O4. The molecule has 0 amide bonds. The third kappa shape index (κ3) is 4.08. The first-order valence-electron chi connectivity index (χ1n) is 14.4. The molecule has 4 fully saturated rings. The molecule has 0 saturated heterocycles. The van der Waals surface area contributed by atoms with E-state index in [0.717, 1.165) is 32.1 Å². The lowest BCUT2D eigenvalue weighted by molar-refractivity contribution is -0.174. The Balaban J connectivity index is 1.18. The van der Waals surface area contributed by atoms with Gasteiger partial charge in [0.1, 0.15) is 5.39 Å². The molecule has 0 spiro atoms. The quantitative estimate of drug-likeness (QED) is 0.521. The molecular weight excluding hydrogens is 488 g/mol. The van der Waals surface area contributed by atoms with E-state index in [4.69, 9.17) is 16.0 Å². The molecule has 10 atom stereocenters. The number of aliphatic hydroxyl groups is 2. The number of rotatable bonds is 4. The molecule has 2 aromatic rings. The van der Waals surface area contributed by atoms with Gasteiger partial charge in [0.15, 0.2) is 5.65 Å². The Morgan fingerprint density at radius 1 is 1.11 bits per heavy atom. The van der Waals surface area contributed by atoms with Crippen molar-refractivity contribution in [3.8, 4) is 0 Å². The van der Waals surface area contributed by atoms with Crippen molar-refractivity contribution in [1.82, 2.24) is 9.97 Å². The van der Waals surface area contributed by atoms with Gasteiger partial charge in [-0.15, -0.1) is 0 Å². The maximum absolute atomic E-state index is 12.5. The number of hydrogen-bond donors (Lipinski definition) is 2. The number of nitrogens with zero attached hydrogens (tertiary/aromatic N) is 2. The Morgan fingerprint density at radius 2 is 1.86 bits per heavy atom. The number of aromatic nitrogens is 2. The lowest BCUT2D eigenvalue weighted by Gasteiger charge is -2.62. The molecule has 0 radical (unpaired) electrons. The Kier molecular flexibility index (Phi) is 6.48. The van der Waals surface area contributed by atoms with Crippen LogP contribution in [0.1, 0.15) is 84.4 Å². The molecule has 4 saturated carbocycles. The van der Waals surface area contributed by atoms with E-state index in [-0.39, 0.29) is 28.4 Å². The van der Waals surface area contributed by atoms with E-state index in [1.54, 1.807) is 12.3 Å². The van der Waals surface area contributed by atoms with E-state index in [0.29, 0.717) is 58.5 Å². The van der Waals surface area contributed by atoms with Crippen LogP contribution in [0, 0.1) is 46.3 Å². The highest BCUT2D eigenvalue weighted by atomic mass is 35.5. The summed E-state index contributed by atoms with van der Waals surface area (Å²) in [6.07, 6.45) is 11.2. The molecule has 0 aromatic carbocycles. The van der Waals surface area contributed by atoms with Gasteiger partial charge in [-0.25, -0.2) is 9.78 Å². The zero-order valence-corrected chi connectivity index (χ0v) is 23.1. The Bertz CT molecular complexity index is 1230. The first-order chi connectivity index (χ1) is 17.6. The van der Waals surface area contributed by atoms with E-state index in [1.165, 1.54) is 25.7 Å². The molecule has 37 heavy (non-hydrogen) atoms. The topological polar surface area (TPSA) is 96.5 Å². The lowest BCUT2D eigenvalue weighted by Crippen LogP contribution is -2.58. The molecule has 0 bridgehead atoms. The van der Waals surface area contributed by atoms with Gasteiger partial charge in [0, 0.05) is 12.6 Å². The zero-order chi connectivity index (χ0) is 26.1. The second kappa shape index (κ2) is 9.31. The normalized spacial score (nSPS) is 42.2. The number of pyridine rings is 1. The molecule has 7 heteroatoms. The van der Waals surface area contributed by atoms with E-state index < -0.39 is 5.63 Å². The first-order valence-corrected chi connectivity index (χ1v) is 14.8. The van der Waals surface area contributed by atoms with Crippen LogP contribution in [0.3, 0.4) is 0 Å². The van der Waals surface area contributed by atoms with Crippen molar-refractivity contribution in [2.24, 2.45) is 46.3 Å². The largest absolute Gasteiger partial charge is 0.408 e. The van der Waals surface area contributed by atoms with Gasteiger partial charge in [-0.05, 0) is 110 Å². The van der Waals surface area contributed by atoms with Crippen molar-refractivity contribution in [1.29, 1.82) is 0 Å². The van der Waals surface area contributed by atoms with Gasteiger partial charge >= 0.3 is 5.63 Å². The van der Waals surface area contributed by atoms with Crippen LogP contribution in [-0.2, 0) is 6.42 Å². The maximum atomic E-state index is 12.5. The van der Waals surface area contributed by atoms with Crippen molar-refractivity contribution in [2.75, 3.05) is 0 Å². The second-order valence-electron chi connectivity index (χ2n) is 13.4. The van der Waals surface area contributed by atoms with Gasteiger partial charge in [0.05, 0.1) is 17.2 Å². The van der Waals surface area contributed by atoms with Crippen LogP contribution < -0.4 is 5.63 Å². The van der Waals surface area contributed by atoms with E-state index in [1.807, 2.05) is 0 Å². The molecule has 2 N–H and O–H groups in total. The summed E-state index contributed by atoms with van der Waals surface area (Å²) in [5.41, 5.74) is 0.368. The van der Waals surface area contributed by atoms with Crippen LogP contribution in [0.25, 0.3) is 11.0 Å². The summed E-state index contributed by atoms with van der Waals surface area (Å²) in [6.45, 7) is 7.31. The highest BCUT2D eigenvalue weighted by Crippen LogP contribution is 2.68. The standard InChI is InChI=1S/C30H41ClN2O4/c1-16(4-7-24-33-27-26(28(36)37-24)22(31)10-13-32-27)19-5-6-20-25-21(9-12-30(19,20)3)29(2)11-8-18(34)14-17(29)15-23(25)35/h10,13,16-21,23,25,34-35H,4-9,11-12,14-15H2,1-3H3/t16-,17+,18-,19-,20+,21?,23+,25+,29+,30-/m1/s1. The third-order valence-electron chi connectivity index (χ3n) is 11.8. The summed E-state index contributed by atoms with van der Waals surface area (Å²) in [5.74, 6) is 3.44. The molecule has 4 aliphatic rings. The fraction of sp³-hybridized carbons (Fsp3) is 0.767. The highest BCUT2D eigenvalue weighted by molar-refractivity contribution is 6.35. The van der Waals surface area contributed by atoms with Crippen LogP contribution >= 0.6 is 11.6 Å². The van der Waals surface area contributed by atoms with Crippen LogP contribution in [0.4, 0.5) is 0 Å². The van der Waals surface area contributed by atoms with Crippen molar-refractivity contribution in [3.05, 3.63) is 33.6 Å². The Hall–Kier alpha value is -1.50. The highest BCUT2D eigenvalue weighted by Gasteiger charge is 2.62. The van der Waals surface area contributed by atoms with E-state index >= 15 is 0 Å². The summed E-state index contributed by atoms with van der Waals surface area (Å²) in [5, 5.41) is 22.4. The van der Waals surface area contributed by atoms with Gasteiger partial charge in [0.25, 0.3) is 0 Å². The van der Waals surface area contributed by atoms with E-state index in [9.17, 15) is 15.0 Å². The predicted molar refractivity (Wildman–Crippen MR) is 143 cm³/mol. The van der Waals surface area contributed by atoms with Crippen LogP contribution in [0.5, 0.6) is 0 Å². The van der Waals surface area contributed by atoms with Crippen molar-refractivity contribution < 1.29 is 14.6 Å². The van der Waals surface area contributed by atoms with Gasteiger partial charge < -0.3 is 14.6 Å². The maximum Gasteiger partial charge on any atom is 0.350 e. The average Bonchev–Trinajstić information content (AvgIpc) is 3.21. The molecule has 6 rings (SSSR count). The molecule has 0 aliphatic heterocycles. The Morgan fingerprint density at radius 3 is 2.68 bits per heavy atom. The van der Waals surface area contributed by atoms with Crippen molar-refractivity contribution >= 4 is 22.6 Å². The molecule has 6 nitrogen and oxygen atoms in total. The van der Waals surface area contributed by atoms with Crippen LogP contribution in [0.15, 0.2) is 21.5 Å². The first kappa shape index (κ1) is 25.8. The lowest BCUT2D eigenvalue weighted by atomic mass is 9.43. The van der Waals surface area contributed by atoms with Gasteiger partial charge in [-0.1, -0.05) is 32.4 Å². The SMILES string of the molecule is C[C@H](CCc1nc2nccc(Cl)c2c(=O)o1)[C@H]1CC[C@H]2[C@H]3C(CC[C@]12C)[C@@]1(C)CC[C@@H](O)C[C@H]1C[C@@H]3O. The second-order valence-corrected chi connectivity index (χ2v) is 13.8. The van der Waals surface area contributed by atoms with Crippen LogP contribution in [0.2, 0.25) is 5.02 Å². The number of aliphatic hydroxyl groups excluding tert-OH is 2. The fourth-order valence-electron chi connectivity index (χ4n) is 9.84. The predicted octanol–water partition coefficient (Wildman–Crippen LogP) is 5.80. The molecule has 2 aromatic heterocycles. The summed E-state index contributed by atoms with van der Waals surface area (Å²) in [6, 6.07) is 1.58. The minimum absolute atomic E-state index is 0.193. The van der Waals surface area contributed by atoms with Gasteiger partial charge in [-0.2, -0.15) is 4.98 Å². The van der Waals surface area contributed by atoms with Crippen LogP contribution in [-0.4, -0.2) is 32.4 Å². The fourth-order valence-corrected chi connectivity index (χ4v) is 10.1. The minimum Gasteiger partial charge on any atom is -0.408 e. The molecule has 1 unspecified atom stereocenters. The average molecular weight is 529 g/mol. The smallest absolute Gasteiger partial charge is 0.350 e.